The molecule has 0 aromatic rings. The Labute approximate surface area is 120 Å². The number of carboxylic acid groups (broad SMARTS) is 1. The lowest BCUT2D eigenvalue weighted by molar-refractivity contribution is -0.154. The second-order valence-corrected chi connectivity index (χ2v) is 7.13. The number of carbonyl (C=O) groups is 2. The van der Waals surface area contributed by atoms with Crippen molar-refractivity contribution in [2.24, 2.45) is 23.0 Å². The smallest absolute Gasteiger partial charge is 0.329 e. The van der Waals surface area contributed by atoms with E-state index in [4.69, 9.17) is 5.73 Å². The van der Waals surface area contributed by atoms with Gasteiger partial charge in [0.1, 0.15) is 5.54 Å². The summed E-state index contributed by atoms with van der Waals surface area (Å²) < 4.78 is 0. The van der Waals surface area contributed by atoms with Crippen LogP contribution in [0.5, 0.6) is 0 Å². The molecule has 3 unspecified atom stereocenters. The molecular formula is C15H26N2O3. The Morgan fingerprint density at radius 1 is 1.25 bits per heavy atom. The monoisotopic (exact) mass is 282 g/mol. The summed E-state index contributed by atoms with van der Waals surface area (Å²) in [6.07, 6.45) is 3.50. The van der Waals surface area contributed by atoms with Crippen molar-refractivity contribution in [2.75, 3.05) is 0 Å². The fourth-order valence-electron chi connectivity index (χ4n) is 3.56. The predicted octanol–water partition coefficient (Wildman–Crippen LogP) is 1.51. The molecule has 0 spiro atoms. The summed E-state index contributed by atoms with van der Waals surface area (Å²) in [5.41, 5.74) is 4.88. The third-order valence-electron chi connectivity index (χ3n) is 5.80. The molecule has 114 valence electrons. The van der Waals surface area contributed by atoms with E-state index >= 15 is 0 Å². The zero-order valence-corrected chi connectivity index (χ0v) is 12.6. The van der Waals surface area contributed by atoms with Gasteiger partial charge in [0, 0.05) is 12.0 Å². The minimum Gasteiger partial charge on any atom is -0.480 e. The first-order chi connectivity index (χ1) is 9.20. The zero-order chi connectivity index (χ0) is 15.1. The number of carboxylic acids is 1. The number of hydrogen-bond donors (Lipinski definition) is 3. The van der Waals surface area contributed by atoms with Crippen LogP contribution in [0.2, 0.25) is 0 Å². The van der Waals surface area contributed by atoms with Crippen molar-refractivity contribution in [3.63, 3.8) is 0 Å². The maximum absolute atomic E-state index is 12.6. The molecule has 0 saturated heterocycles. The molecule has 2 rings (SSSR count). The standard InChI is InChI=1S/C15H26N2O3/c1-9-11(16)6-5-10(14(9,2)3)12(18)17-15(13(19)20)7-4-8-15/h9-11H,4-8,16H2,1-3H3,(H,17,18)(H,19,20). The summed E-state index contributed by atoms with van der Waals surface area (Å²) in [5.74, 6) is -0.936. The van der Waals surface area contributed by atoms with Gasteiger partial charge in [-0.2, -0.15) is 0 Å². The Bertz CT molecular complexity index is 415. The molecule has 0 heterocycles. The summed E-state index contributed by atoms with van der Waals surface area (Å²) in [5, 5.41) is 12.1. The molecule has 20 heavy (non-hydrogen) atoms. The molecule has 0 radical (unpaired) electrons. The zero-order valence-electron chi connectivity index (χ0n) is 12.6. The highest BCUT2D eigenvalue weighted by Crippen LogP contribution is 2.45. The van der Waals surface area contributed by atoms with E-state index in [2.05, 4.69) is 26.1 Å². The van der Waals surface area contributed by atoms with Crippen LogP contribution in [0.1, 0.15) is 52.9 Å². The van der Waals surface area contributed by atoms with Gasteiger partial charge in [-0.05, 0) is 43.4 Å². The summed E-state index contributed by atoms with van der Waals surface area (Å²) in [6.45, 7) is 6.21. The fourth-order valence-corrected chi connectivity index (χ4v) is 3.56. The van der Waals surface area contributed by atoms with E-state index in [9.17, 15) is 14.7 Å². The predicted molar refractivity (Wildman–Crippen MR) is 76.0 cm³/mol. The quantitative estimate of drug-likeness (QED) is 0.731. The van der Waals surface area contributed by atoms with Gasteiger partial charge in [0.15, 0.2) is 0 Å². The minimum absolute atomic E-state index is 0.115. The van der Waals surface area contributed by atoms with Crippen molar-refractivity contribution in [1.82, 2.24) is 5.32 Å². The molecule has 5 nitrogen and oxygen atoms in total. The lowest BCUT2D eigenvalue weighted by atomic mass is 9.60. The molecule has 0 bridgehead atoms. The van der Waals surface area contributed by atoms with Gasteiger partial charge in [-0.3, -0.25) is 4.79 Å². The molecule has 2 aliphatic carbocycles. The Morgan fingerprint density at radius 3 is 2.30 bits per heavy atom. The minimum atomic E-state index is -1.02. The third kappa shape index (κ3) is 2.32. The average Bonchev–Trinajstić information content (AvgIpc) is 2.30. The van der Waals surface area contributed by atoms with Gasteiger partial charge < -0.3 is 16.2 Å². The number of aliphatic carboxylic acids is 1. The van der Waals surface area contributed by atoms with Crippen molar-refractivity contribution >= 4 is 11.9 Å². The van der Waals surface area contributed by atoms with E-state index in [-0.39, 0.29) is 29.2 Å². The van der Waals surface area contributed by atoms with Gasteiger partial charge >= 0.3 is 5.97 Å². The molecular weight excluding hydrogens is 256 g/mol. The van der Waals surface area contributed by atoms with Gasteiger partial charge in [0.2, 0.25) is 5.91 Å². The van der Waals surface area contributed by atoms with Crippen LogP contribution in [-0.4, -0.2) is 28.6 Å². The van der Waals surface area contributed by atoms with Crippen LogP contribution < -0.4 is 11.1 Å². The molecule has 0 aromatic heterocycles. The molecule has 4 N–H and O–H groups in total. The maximum Gasteiger partial charge on any atom is 0.329 e. The Kier molecular flexibility index (Phi) is 3.84. The first-order valence-corrected chi connectivity index (χ1v) is 7.52. The Morgan fingerprint density at radius 2 is 1.85 bits per heavy atom. The molecule has 2 aliphatic rings. The van der Waals surface area contributed by atoms with Crippen molar-refractivity contribution in [3.8, 4) is 0 Å². The van der Waals surface area contributed by atoms with E-state index in [0.29, 0.717) is 12.8 Å². The highest BCUT2D eigenvalue weighted by atomic mass is 16.4. The van der Waals surface area contributed by atoms with Crippen molar-refractivity contribution < 1.29 is 14.7 Å². The van der Waals surface area contributed by atoms with E-state index in [1.165, 1.54) is 0 Å². The Hall–Kier alpha value is -1.10. The number of hydrogen-bond acceptors (Lipinski definition) is 3. The highest BCUT2D eigenvalue weighted by Gasteiger charge is 2.50. The van der Waals surface area contributed by atoms with Gasteiger partial charge in [-0.15, -0.1) is 0 Å². The SMILES string of the molecule is CC1C(N)CCC(C(=O)NC2(C(=O)O)CCC2)C1(C)C. The van der Waals surface area contributed by atoms with Crippen LogP contribution >= 0.6 is 0 Å². The number of carbonyl (C=O) groups excluding carboxylic acids is 1. The van der Waals surface area contributed by atoms with Crippen molar-refractivity contribution in [2.45, 2.75) is 64.5 Å². The second-order valence-electron chi connectivity index (χ2n) is 7.13. The third-order valence-corrected chi connectivity index (χ3v) is 5.80. The largest absolute Gasteiger partial charge is 0.480 e. The van der Waals surface area contributed by atoms with Crippen molar-refractivity contribution in [1.29, 1.82) is 0 Å². The molecule has 0 aliphatic heterocycles. The fraction of sp³-hybridized carbons (Fsp3) is 0.867. The molecule has 0 aromatic carbocycles. The van der Waals surface area contributed by atoms with Crippen LogP contribution in [0, 0.1) is 17.3 Å². The van der Waals surface area contributed by atoms with Gasteiger partial charge in [-0.25, -0.2) is 4.79 Å². The lowest BCUT2D eigenvalue weighted by Crippen LogP contribution is -2.62. The average molecular weight is 282 g/mol. The summed E-state index contributed by atoms with van der Waals surface area (Å²) in [6, 6.07) is 0.117. The molecule has 3 atom stereocenters. The van der Waals surface area contributed by atoms with Gasteiger partial charge in [-0.1, -0.05) is 20.8 Å². The topological polar surface area (TPSA) is 92.4 Å². The van der Waals surface area contributed by atoms with E-state index in [0.717, 1.165) is 19.3 Å². The molecule has 5 heteroatoms. The van der Waals surface area contributed by atoms with Gasteiger partial charge in [0.05, 0.1) is 0 Å². The normalized spacial score (nSPS) is 34.9. The number of amides is 1. The van der Waals surface area contributed by atoms with Crippen LogP contribution in [0.3, 0.4) is 0 Å². The summed E-state index contributed by atoms with van der Waals surface area (Å²) in [7, 11) is 0. The number of nitrogens with two attached hydrogens (primary N) is 1. The van der Waals surface area contributed by atoms with E-state index in [1.807, 2.05) is 0 Å². The van der Waals surface area contributed by atoms with Gasteiger partial charge in [0.25, 0.3) is 0 Å². The van der Waals surface area contributed by atoms with E-state index < -0.39 is 11.5 Å². The lowest BCUT2D eigenvalue weighted by Gasteiger charge is -2.47. The second kappa shape index (κ2) is 5.02. The first kappa shape index (κ1) is 15.3. The van der Waals surface area contributed by atoms with Crippen molar-refractivity contribution in [3.05, 3.63) is 0 Å². The Balaban J connectivity index is 2.11. The molecule has 2 saturated carbocycles. The van der Waals surface area contributed by atoms with Crippen LogP contribution in [0.25, 0.3) is 0 Å². The molecule has 1 amide bonds. The van der Waals surface area contributed by atoms with Crippen LogP contribution in [0.15, 0.2) is 0 Å². The first-order valence-electron chi connectivity index (χ1n) is 7.52. The molecule has 2 fully saturated rings. The summed E-state index contributed by atoms with van der Waals surface area (Å²) >= 11 is 0. The van der Waals surface area contributed by atoms with E-state index in [1.54, 1.807) is 0 Å². The number of nitrogens with one attached hydrogen (secondary N) is 1. The highest BCUT2D eigenvalue weighted by molar-refractivity contribution is 5.89. The van der Waals surface area contributed by atoms with Crippen LogP contribution in [-0.2, 0) is 9.59 Å². The van der Waals surface area contributed by atoms with Crippen LogP contribution in [0.4, 0.5) is 0 Å². The maximum atomic E-state index is 12.6. The number of rotatable bonds is 3. The summed E-state index contributed by atoms with van der Waals surface area (Å²) in [4.78, 5) is 23.9.